The van der Waals surface area contributed by atoms with Crippen molar-refractivity contribution in [2.24, 2.45) is 11.7 Å². The summed E-state index contributed by atoms with van der Waals surface area (Å²) in [6, 6.07) is 6.46. The van der Waals surface area contributed by atoms with E-state index >= 15 is 0 Å². The molecular weight excluding hydrogens is 290 g/mol. The van der Waals surface area contributed by atoms with Crippen LogP contribution in [0.25, 0.3) is 0 Å². The number of hydrogen-bond donors (Lipinski definition) is 2. The van der Waals surface area contributed by atoms with Crippen molar-refractivity contribution in [2.75, 3.05) is 7.11 Å². The van der Waals surface area contributed by atoms with Crippen molar-refractivity contribution >= 4 is 17.6 Å². The van der Waals surface area contributed by atoms with Crippen LogP contribution in [0.5, 0.6) is 0 Å². The van der Waals surface area contributed by atoms with Gasteiger partial charge in [0.2, 0.25) is 0 Å². The summed E-state index contributed by atoms with van der Waals surface area (Å²) in [5.41, 5.74) is 6.92. The van der Waals surface area contributed by atoms with Crippen molar-refractivity contribution in [2.45, 2.75) is 43.7 Å². The van der Waals surface area contributed by atoms with Gasteiger partial charge in [0.05, 0.1) is 6.10 Å². The molecule has 0 aromatic heterocycles. The highest BCUT2D eigenvalue weighted by atomic mass is 35.5. The molecule has 0 heterocycles. The maximum atomic E-state index is 11.4. The fourth-order valence-electron chi connectivity index (χ4n) is 3.29. The monoisotopic (exact) mass is 311 g/mol. The molecule has 2 rings (SSSR count). The van der Waals surface area contributed by atoms with Crippen LogP contribution in [0.1, 0.15) is 37.2 Å². The summed E-state index contributed by atoms with van der Waals surface area (Å²) in [6.45, 7) is 0. The quantitative estimate of drug-likeness (QED) is 0.876. The van der Waals surface area contributed by atoms with E-state index < -0.39 is 12.0 Å². The Morgan fingerprint density at radius 2 is 1.86 bits per heavy atom. The second-order valence-corrected chi connectivity index (χ2v) is 6.15. The van der Waals surface area contributed by atoms with E-state index in [-0.39, 0.29) is 17.9 Å². The van der Waals surface area contributed by atoms with Gasteiger partial charge in [-0.15, -0.1) is 0 Å². The molecule has 3 N–H and O–H groups in total. The van der Waals surface area contributed by atoms with E-state index in [4.69, 9.17) is 22.1 Å². The summed E-state index contributed by atoms with van der Waals surface area (Å²) in [6.07, 6.45) is 4.07. The van der Waals surface area contributed by atoms with Crippen LogP contribution in [0.15, 0.2) is 24.3 Å². The minimum absolute atomic E-state index is 0.183. The molecule has 1 aromatic carbocycles. The molecule has 0 amide bonds. The molecule has 1 saturated carbocycles. The average molecular weight is 312 g/mol. The lowest BCUT2D eigenvalue weighted by Gasteiger charge is -2.35. The van der Waals surface area contributed by atoms with Gasteiger partial charge in [-0.1, -0.05) is 23.7 Å². The first-order chi connectivity index (χ1) is 10.0. The van der Waals surface area contributed by atoms with Gasteiger partial charge in [0.15, 0.2) is 0 Å². The van der Waals surface area contributed by atoms with Gasteiger partial charge in [0, 0.05) is 18.1 Å². The van der Waals surface area contributed by atoms with Crippen LogP contribution in [-0.4, -0.2) is 30.3 Å². The molecule has 1 fully saturated rings. The minimum Gasteiger partial charge on any atom is -0.480 e. The maximum absolute atomic E-state index is 11.4. The Kier molecular flexibility index (Phi) is 5.62. The molecule has 1 aromatic rings. The Bertz CT molecular complexity index is 469. The summed E-state index contributed by atoms with van der Waals surface area (Å²) in [5.74, 6) is -0.870. The van der Waals surface area contributed by atoms with Gasteiger partial charge >= 0.3 is 5.97 Å². The van der Waals surface area contributed by atoms with Gasteiger partial charge in [0.1, 0.15) is 6.04 Å². The number of rotatable bonds is 5. The number of hydrogen-bond acceptors (Lipinski definition) is 3. The third-order valence-corrected chi connectivity index (χ3v) is 4.74. The topological polar surface area (TPSA) is 72.5 Å². The molecule has 5 heteroatoms. The van der Waals surface area contributed by atoms with Gasteiger partial charge in [-0.25, -0.2) is 0 Å². The number of methoxy groups -OCH3 is 1. The highest BCUT2D eigenvalue weighted by Gasteiger charge is 2.35. The first kappa shape index (κ1) is 16.3. The molecular formula is C16H22ClNO3. The van der Waals surface area contributed by atoms with Gasteiger partial charge in [-0.2, -0.15) is 0 Å². The van der Waals surface area contributed by atoms with Gasteiger partial charge in [0.25, 0.3) is 0 Å². The standard InChI is InChI=1S/C16H22ClNO3/c1-21-13-8-4-11(5-9-13)14(15(18)16(19)20)10-2-6-12(17)7-3-10/h2-3,6-7,11,13-15H,4-5,8-9,18H2,1H3,(H,19,20)/t11-,13-,14-,15-/m0/s1. The average Bonchev–Trinajstić information content (AvgIpc) is 2.50. The molecule has 1 aliphatic carbocycles. The Labute approximate surface area is 130 Å². The molecule has 0 bridgehead atoms. The first-order valence-electron chi connectivity index (χ1n) is 7.29. The molecule has 21 heavy (non-hydrogen) atoms. The van der Waals surface area contributed by atoms with E-state index in [9.17, 15) is 9.90 Å². The minimum atomic E-state index is -0.955. The van der Waals surface area contributed by atoms with Gasteiger partial charge < -0.3 is 15.6 Å². The highest BCUT2D eigenvalue weighted by Crippen LogP contribution is 2.38. The number of carbonyl (C=O) groups is 1. The smallest absolute Gasteiger partial charge is 0.321 e. The molecule has 0 aliphatic heterocycles. The zero-order valence-corrected chi connectivity index (χ0v) is 12.9. The van der Waals surface area contributed by atoms with Crippen molar-refractivity contribution in [3.8, 4) is 0 Å². The zero-order chi connectivity index (χ0) is 15.4. The highest BCUT2D eigenvalue weighted by molar-refractivity contribution is 6.30. The summed E-state index contributed by atoms with van der Waals surface area (Å²) in [4.78, 5) is 11.4. The Hall–Kier alpha value is -1.10. The van der Waals surface area contributed by atoms with Crippen LogP contribution in [0.3, 0.4) is 0 Å². The van der Waals surface area contributed by atoms with Crippen LogP contribution >= 0.6 is 11.6 Å². The van der Waals surface area contributed by atoms with Crippen molar-refractivity contribution in [1.82, 2.24) is 0 Å². The van der Waals surface area contributed by atoms with Crippen LogP contribution in [0.4, 0.5) is 0 Å². The molecule has 116 valence electrons. The predicted molar refractivity (Wildman–Crippen MR) is 82.6 cm³/mol. The van der Waals surface area contributed by atoms with Gasteiger partial charge in [-0.3, -0.25) is 4.79 Å². The fraction of sp³-hybridized carbons (Fsp3) is 0.562. The maximum Gasteiger partial charge on any atom is 0.321 e. The third-order valence-electron chi connectivity index (χ3n) is 4.49. The normalized spacial score (nSPS) is 25.3. The Morgan fingerprint density at radius 1 is 1.29 bits per heavy atom. The SMILES string of the molecule is CO[C@H]1CC[C@H]([C@H](c2ccc(Cl)cc2)[C@H](N)C(=O)O)CC1. The second-order valence-electron chi connectivity index (χ2n) is 5.71. The van der Waals surface area contributed by atoms with Crippen molar-refractivity contribution in [1.29, 1.82) is 0 Å². The summed E-state index contributed by atoms with van der Waals surface area (Å²) in [5, 5.41) is 9.96. The number of aliphatic carboxylic acids is 1. The first-order valence-corrected chi connectivity index (χ1v) is 7.67. The molecule has 0 radical (unpaired) electrons. The number of benzene rings is 1. The van der Waals surface area contributed by atoms with Crippen LogP contribution < -0.4 is 5.73 Å². The van der Waals surface area contributed by atoms with Crippen molar-refractivity contribution < 1.29 is 14.6 Å². The zero-order valence-electron chi connectivity index (χ0n) is 12.2. The van der Waals surface area contributed by atoms with E-state index in [0.29, 0.717) is 5.02 Å². The van der Waals surface area contributed by atoms with Crippen LogP contribution in [0.2, 0.25) is 5.02 Å². The van der Waals surface area contributed by atoms with E-state index in [1.54, 1.807) is 19.2 Å². The lowest BCUT2D eigenvalue weighted by atomic mass is 9.73. The molecule has 0 saturated heterocycles. The lowest BCUT2D eigenvalue weighted by Crippen LogP contribution is -2.41. The number of ether oxygens (including phenoxy) is 1. The molecule has 2 atom stereocenters. The van der Waals surface area contributed by atoms with E-state index in [0.717, 1.165) is 31.2 Å². The van der Waals surface area contributed by atoms with E-state index in [2.05, 4.69) is 0 Å². The molecule has 1 aliphatic rings. The number of halogens is 1. The number of carboxylic acids is 1. The van der Waals surface area contributed by atoms with E-state index in [1.165, 1.54) is 0 Å². The lowest BCUT2D eigenvalue weighted by molar-refractivity contribution is -0.139. The van der Waals surface area contributed by atoms with E-state index in [1.807, 2.05) is 12.1 Å². The molecule has 0 unspecified atom stereocenters. The molecule has 4 nitrogen and oxygen atoms in total. The summed E-state index contributed by atoms with van der Waals surface area (Å²) >= 11 is 5.92. The number of nitrogens with two attached hydrogens (primary N) is 1. The second kappa shape index (κ2) is 7.25. The molecule has 0 spiro atoms. The largest absolute Gasteiger partial charge is 0.480 e. The number of carboxylic acid groups (broad SMARTS) is 1. The van der Waals surface area contributed by atoms with Crippen molar-refractivity contribution in [3.05, 3.63) is 34.9 Å². The van der Waals surface area contributed by atoms with Crippen LogP contribution in [0, 0.1) is 5.92 Å². The Morgan fingerprint density at radius 3 is 2.33 bits per heavy atom. The summed E-state index contributed by atoms with van der Waals surface area (Å²) in [7, 11) is 1.73. The fourth-order valence-corrected chi connectivity index (χ4v) is 3.42. The third kappa shape index (κ3) is 3.96. The predicted octanol–water partition coefficient (Wildman–Crippen LogP) is 3.04. The summed E-state index contributed by atoms with van der Waals surface area (Å²) < 4.78 is 5.38. The Balaban J connectivity index is 2.20. The van der Waals surface area contributed by atoms with Gasteiger partial charge in [-0.05, 0) is 49.3 Å². The van der Waals surface area contributed by atoms with Crippen LogP contribution in [-0.2, 0) is 9.53 Å². The van der Waals surface area contributed by atoms with Crippen molar-refractivity contribution in [3.63, 3.8) is 0 Å².